The van der Waals surface area contributed by atoms with E-state index in [0.29, 0.717) is 43.0 Å². The summed E-state index contributed by atoms with van der Waals surface area (Å²) in [6.45, 7) is 5.36. The lowest BCUT2D eigenvalue weighted by Crippen LogP contribution is -2.35. The average molecular weight is 450 g/mol. The number of methoxy groups -OCH3 is 2. The van der Waals surface area contributed by atoms with E-state index >= 15 is 0 Å². The Bertz CT molecular complexity index is 1070. The molecule has 4 rings (SSSR count). The maximum atomic E-state index is 12.7. The van der Waals surface area contributed by atoms with Gasteiger partial charge in [0.2, 0.25) is 5.91 Å². The second-order valence-corrected chi connectivity index (χ2v) is 8.53. The zero-order valence-corrected chi connectivity index (χ0v) is 19.8. The number of fused-ring (bicyclic) bond motifs is 1. The molecule has 0 saturated carbocycles. The number of nitrogens with zero attached hydrogens (tertiary/aromatic N) is 3. The van der Waals surface area contributed by atoms with E-state index in [0.717, 1.165) is 41.2 Å². The van der Waals surface area contributed by atoms with Crippen molar-refractivity contribution in [3.8, 4) is 11.5 Å². The van der Waals surface area contributed by atoms with Gasteiger partial charge >= 0.3 is 0 Å². The fourth-order valence-corrected chi connectivity index (χ4v) is 4.50. The molecule has 0 bridgehead atoms. The maximum absolute atomic E-state index is 12.7. The van der Waals surface area contributed by atoms with Gasteiger partial charge in [-0.25, -0.2) is 5.01 Å². The first-order valence-electron chi connectivity index (χ1n) is 11.5. The number of piperidine rings is 1. The Morgan fingerprint density at radius 3 is 2.30 bits per heavy atom. The third kappa shape index (κ3) is 4.58. The van der Waals surface area contributed by atoms with Crippen molar-refractivity contribution in [1.29, 1.82) is 0 Å². The second kappa shape index (κ2) is 9.65. The number of ketones is 1. The van der Waals surface area contributed by atoms with Crippen molar-refractivity contribution in [1.82, 2.24) is 5.01 Å². The van der Waals surface area contributed by atoms with Crippen LogP contribution < -0.4 is 14.4 Å². The Balaban J connectivity index is 1.78. The standard InChI is InChI=1S/C26H31N3O4/c1-5-25(31)29-17(2)14-19-15-23(32-3)24(33-4)16-22(19)26(27-29)18-6-8-20(9-7-18)28-12-10-21(30)11-13-28/h6-9,15-17H,5,10-14H2,1-4H3. The van der Waals surface area contributed by atoms with Gasteiger partial charge in [0.05, 0.1) is 26.0 Å². The van der Waals surface area contributed by atoms with Gasteiger partial charge in [0, 0.05) is 49.2 Å². The van der Waals surface area contributed by atoms with E-state index in [1.807, 2.05) is 38.1 Å². The van der Waals surface area contributed by atoms with Crippen molar-refractivity contribution in [3.63, 3.8) is 0 Å². The van der Waals surface area contributed by atoms with Crippen molar-refractivity contribution in [2.45, 2.75) is 45.6 Å². The number of anilines is 1. The Labute approximate surface area is 195 Å². The molecule has 1 atom stereocenters. The molecule has 1 fully saturated rings. The first-order valence-corrected chi connectivity index (χ1v) is 11.5. The number of carbonyl (C=O) groups excluding carboxylic acids is 2. The van der Waals surface area contributed by atoms with Gasteiger partial charge in [-0.1, -0.05) is 19.1 Å². The Morgan fingerprint density at radius 2 is 1.70 bits per heavy atom. The molecule has 0 radical (unpaired) electrons. The number of hydrogen-bond donors (Lipinski definition) is 0. The summed E-state index contributed by atoms with van der Waals surface area (Å²) in [5.41, 5.74) is 4.73. The molecule has 2 aromatic carbocycles. The van der Waals surface area contributed by atoms with E-state index in [4.69, 9.17) is 14.6 Å². The Kier molecular flexibility index (Phi) is 6.67. The summed E-state index contributed by atoms with van der Waals surface area (Å²) in [6.07, 6.45) is 2.23. The number of rotatable bonds is 5. The monoisotopic (exact) mass is 449 g/mol. The highest BCUT2D eigenvalue weighted by atomic mass is 16.5. The zero-order chi connectivity index (χ0) is 23.5. The summed E-state index contributed by atoms with van der Waals surface area (Å²) < 4.78 is 11.1. The van der Waals surface area contributed by atoms with E-state index in [9.17, 15) is 9.59 Å². The molecule has 2 aromatic rings. The van der Waals surface area contributed by atoms with Gasteiger partial charge in [-0.05, 0) is 43.2 Å². The van der Waals surface area contributed by atoms with Crippen LogP contribution in [-0.4, -0.2) is 55.8 Å². The number of hydrogen-bond acceptors (Lipinski definition) is 6. The smallest absolute Gasteiger partial charge is 0.242 e. The van der Waals surface area contributed by atoms with Crippen LogP contribution in [0.4, 0.5) is 5.69 Å². The van der Waals surface area contributed by atoms with Crippen LogP contribution in [0.2, 0.25) is 0 Å². The van der Waals surface area contributed by atoms with Crippen LogP contribution in [0.3, 0.4) is 0 Å². The molecule has 2 aliphatic heterocycles. The largest absolute Gasteiger partial charge is 0.493 e. The van der Waals surface area contributed by atoms with Crippen LogP contribution >= 0.6 is 0 Å². The van der Waals surface area contributed by atoms with Crippen LogP contribution in [0.1, 0.15) is 49.8 Å². The molecule has 2 heterocycles. The minimum absolute atomic E-state index is 0.0126. The highest BCUT2D eigenvalue weighted by Gasteiger charge is 2.28. The molecule has 7 nitrogen and oxygen atoms in total. The second-order valence-electron chi connectivity index (χ2n) is 8.53. The quantitative estimate of drug-likeness (QED) is 0.694. The molecule has 7 heteroatoms. The number of amides is 1. The Morgan fingerprint density at radius 1 is 1.06 bits per heavy atom. The van der Waals surface area contributed by atoms with E-state index < -0.39 is 0 Å². The Hall–Kier alpha value is -3.35. The van der Waals surface area contributed by atoms with Gasteiger partial charge in [0.25, 0.3) is 0 Å². The van der Waals surface area contributed by atoms with Gasteiger partial charge in [0.1, 0.15) is 5.78 Å². The van der Waals surface area contributed by atoms with E-state index in [1.165, 1.54) is 0 Å². The van der Waals surface area contributed by atoms with Gasteiger partial charge in [-0.2, -0.15) is 5.10 Å². The summed E-state index contributed by atoms with van der Waals surface area (Å²) in [4.78, 5) is 26.6. The molecular weight excluding hydrogens is 418 g/mol. The molecule has 1 saturated heterocycles. The fourth-order valence-electron chi connectivity index (χ4n) is 4.50. The molecular formula is C26H31N3O4. The van der Waals surface area contributed by atoms with Gasteiger partial charge in [-0.3, -0.25) is 9.59 Å². The average Bonchev–Trinajstić information content (AvgIpc) is 2.98. The number of hydrazone groups is 1. The SMILES string of the molecule is CCC(=O)N1N=C(c2ccc(N3CCC(=O)CC3)cc2)c2cc(OC)c(OC)cc2CC1C. The first-order chi connectivity index (χ1) is 15.9. The molecule has 2 aliphatic rings. The van der Waals surface area contributed by atoms with E-state index in [-0.39, 0.29) is 11.9 Å². The minimum atomic E-state index is -0.0861. The lowest BCUT2D eigenvalue weighted by atomic mass is 9.93. The van der Waals surface area contributed by atoms with Crippen molar-refractivity contribution < 1.29 is 19.1 Å². The molecule has 174 valence electrons. The zero-order valence-electron chi connectivity index (χ0n) is 19.8. The summed E-state index contributed by atoms with van der Waals surface area (Å²) in [5, 5.41) is 6.48. The topological polar surface area (TPSA) is 71.4 Å². The van der Waals surface area contributed by atoms with Crippen molar-refractivity contribution in [2.24, 2.45) is 5.10 Å². The molecule has 0 spiro atoms. The van der Waals surface area contributed by atoms with Gasteiger partial charge in [0.15, 0.2) is 11.5 Å². The van der Waals surface area contributed by atoms with Gasteiger partial charge in [-0.15, -0.1) is 0 Å². The normalized spacial score (nSPS) is 18.4. The molecule has 0 aromatic heterocycles. The van der Waals surface area contributed by atoms with Crippen LogP contribution in [0, 0.1) is 0 Å². The molecule has 1 amide bonds. The number of Topliss-reactive ketones (excluding diaryl/α,β-unsaturated/α-hetero) is 1. The predicted molar refractivity (Wildman–Crippen MR) is 128 cm³/mol. The summed E-state index contributed by atoms with van der Waals surface area (Å²) in [5.74, 6) is 1.60. The molecule has 0 aliphatic carbocycles. The van der Waals surface area contributed by atoms with E-state index in [1.54, 1.807) is 19.2 Å². The van der Waals surface area contributed by atoms with Crippen LogP contribution in [0.25, 0.3) is 0 Å². The lowest BCUT2D eigenvalue weighted by Gasteiger charge is -2.28. The summed E-state index contributed by atoms with van der Waals surface area (Å²) in [7, 11) is 3.24. The molecule has 0 N–H and O–H groups in total. The van der Waals surface area contributed by atoms with Crippen molar-refractivity contribution in [2.75, 3.05) is 32.2 Å². The third-order valence-corrected chi connectivity index (χ3v) is 6.39. The number of ether oxygens (including phenoxy) is 2. The number of carbonyl (C=O) groups is 2. The first kappa shape index (κ1) is 22.8. The minimum Gasteiger partial charge on any atom is -0.493 e. The maximum Gasteiger partial charge on any atom is 0.242 e. The van der Waals surface area contributed by atoms with Gasteiger partial charge < -0.3 is 14.4 Å². The summed E-state index contributed by atoms with van der Waals surface area (Å²) >= 11 is 0. The fraction of sp³-hybridized carbons (Fsp3) is 0.423. The molecule has 1 unspecified atom stereocenters. The number of benzene rings is 2. The predicted octanol–water partition coefficient (Wildman–Crippen LogP) is 3.81. The van der Waals surface area contributed by atoms with Crippen LogP contribution in [0.15, 0.2) is 41.5 Å². The van der Waals surface area contributed by atoms with Crippen LogP contribution in [-0.2, 0) is 16.0 Å². The molecule has 33 heavy (non-hydrogen) atoms. The van der Waals surface area contributed by atoms with Crippen molar-refractivity contribution in [3.05, 3.63) is 53.1 Å². The van der Waals surface area contributed by atoms with Crippen molar-refractivity contribution >= 4 is 23.1 Å². The highest BCUT2D eigenvalue weighted by molar-refractivity contribution is 6.14. The summed E-state index contributed by atoms with van der Waals surface area (Å²) in [6, 6.07) is 12.0. The highest BCUT2D eigenvalue weighted by Crippen LogP contribution is 2.35. The third-order valence-electron chi connectivity index (χ3n) is 6.39. The lowest BCUT2D eigenvalue weighted by molar-refractivity contribution is -0.132. The van der Waals surface area contributed by atoms with E-state index in [2.05, 4.69) is 17.0 Å². The van der Waals surface area contributed by atoms with Crippen LogP contribution in [0.5, 0.6) is 11.5 Å².